The SMILES string of the molecule is Cc1cn2ncc(N)c2nc1N. The van der Waals surface area contributed by atoms with Gasteiger partial charge in [-0.3, -0.25) is 0 Å². The van der Waals surface area contributed by atoms with Crippen molar-refractivity contribution < 1.29 is 0 Å². The number of aryl methyl sites for hydroxylation is 1. The predicted molar refractivity (Wildman–Crippen MR) is 46.5 cm³/mol. The summed E-state index contributed by atoms with van der Waals surface area (Å²) < 4.78 is 1.61. The first-order chi connectivity index (χ1) is 5.68. The summed E-state index contributed by atoms with van der Waals surface area (Å²) in [4.78, 5) is 4.09. The average Bonchev–Trinajstić information content (AvgIpc) is 2.35. The van der Waals surface area contributed by atoms with Crippen molar-refractivity contribution in [2.24, 2.45) is 0 Å². The second-order valence-corrected chi connectivity index (χ2v) is 2.68. The Kier molecular flexibility index (Phi) is 1.21. The van der Waals surface area contributed by atoms with Crippen LogP contribution in [0.15, 0.2) is 12.4 Å². The van der Waals surface area contributed by atoms with Crippen molar-refractivity contribution in [3.63, 3.8) is 0 Å². The molecule has 2 aromatic heterocycles. The van der Waals surface area contributed by atoms with E-state index in [1.807, 2.05) is 6.92 Å². The van der Waals surface area contributed by atoms with E-state index in [0.717, 1.165) is 5.56 Å². The van der Waals surface area contributed by atoms with Crippen LogP contribution in [0.25, 0.3) is 5.65 Å². The highest BCUT2D eigenvalue weighted by atomic mass is 15.3. The van der Waals surface area contributed by atoms with Crippen LogP contribution in [0.4, 0.5) is 11.5 Å². The van der Waals surface area contributed by atoms with Crippen LogP contribution in [0.3, 0.4) is 0 Å². The molecule has 0 radical (unpaired) electrons. The molecule has 0 saturated carbocycles. The maximum atomic E-state index is 5.61. The monoisotopic (exact) mass is 163 g/mol. The molecule has 12 heavy (non-hydrogen) atoms. The van der Waals surface area contributed by atoms with Gasteiger partial charge in [-0.1, -0.05) is 0 Å². The molecule has 0 amide bonds. The Morgan fingerprint density at radius 3 is 2.92 bits per heavy atom. The van der Waals surface area contributed by atoms with E-state index < -0.39 is 0 Å². The number of hydrogen-bond acceptors (Lipinski definition) is 4. The lowest BCUT2D eigenvalue weighted by atomic mass is 10.3. The largest absolute Gasteiger partial charge is 0.394 e. The molecule has 62 valence electrons. The standard InChI is InChI=1S/C7H9N5/c1-4-3-12-7(11-6(4)9)5(8)2-10-12/h2-3H,8H2,1H3,(H2,9,11). The molecule has 0 aliphatic rings. The molecule has 4 N–H and O–H groups in total. The maximum Gasteiger partial charge on any atom is 0.180 e. The van der Waals surface area contributed by atoms with E-state index in [0.29, 0.717) is 17.2 Å². The van der Waals surface area contributed by atoms with Gasteiger partial charge in [0.15, 0.2) is 5.65 Å². The van der Waals surface area contributed by atoms with Gasteiger partial charge in [-0.25, -0.2) is 9.50 Å². The fourth-order valence-corrected chi connectivity index (χ4v) is 1.03. The lowest BCUT2D eigenvalue weighted by Crippen LogP contribution is -1.99. The van der Waals surface area contributed by atoms with Crippen LogP contribution < -0.4 is 11.5 Å². The van der Waals surface area contributed by atoms with Crippen LogP contribution in [0.1, 0.15) is 5.56 Å². The zero-order chi connectivity index (χ0) is 8.72. The van der Waals surface area contributed by atoms with Crippen LogP contribution in [-0.4, -0.2) is 14.6 Å². The maximum absolute atomic E-state index is 5.61. The minimum Gasteiger partial charge on any atom is -0.394 e. The molecule has 0 saturated heterocycles. The molecule has 2 rings (SSSR count). The van der Waals surface area contributed by atoms with Crippen molar-refractivity contribution in [1.29, 1.82) is 0 Å². The normalized spacial score (nSPS) is 10.8. The Labute approximate surface area is 69.0 Å². The second kappa shape index (κ2) is 2.10. The van der Waals surface area contributed by atoms with Crippen molar-refractivity contribution in [2.45, 2.75) is 6.92 Å². The Hall–Kier alpha value is -1.78. The van der Waals surface area contributed by atoms with E-state index in [4.69, 9.17) is 11.5 Å². The summed E-state index contributed by atoms with van der Waals surface area (Å²) in [5.41, 5.74) is 13.2. The van der Waals surface area contributed by atoms with E-state index >= 15 is 0 Å². The topological polar surface area (TPSA) is 82.2 Å². The van der Waals surface area contributed by atoms with E-state index in [9.17, 15) is 0 Å². The number of nitrogens with zero attached hydrogens (tertiary/aromatic N) is 3. The number of hydrogen-bond donors (Lipinski definition) is 2. The van der Waals surface area contributed by atoms with Crippen molar-refractivity contribution >= 4 is 17.2 Å². The number of rotatable bonds is 0. The number of nitrogens with two attached hydrogens (primary N) is 2. The van der Waals surface area contributed by atoms with Crippen LogP contribution in [0, 0.1) is 6.92 Å². The van der Waals surface area contributed by atoms with Gasteiger partial charge >= 0.3 is 0 Å². The first-order valence-corrected chi connectivity index (χ1v) is 3.54. The number of nitrogen functional groups attached to an aromatic ring is 2. The Balaban J connectivity index is 2.87. The highest BCUT2D eigenvalue weighted by Crippen LogP contribution is 2.13. The smallest absolute Gasteiger partial charge is 0.180 e. The van der Waals surface area contributed by atoms with Gasteiger partial charge < -0.3 is 11.5 Å². The van der Waals surface area contributed by atoms with Crippen LogP contribution >= 0.6 is 0 Å². The van der Waals surface area contributed by atoms with Gasteiger partial charge in [-0.15, -0.1) is 0 Å². The van der Waals surface area contributed by atoms with Crippen molar-refractivity contribution in [3.8, 4) is 0 Å². The molecule has 0 atom stereocenters. The quantitative estimate of drug-likeness (QED) is 0.581. The lowest BCUT2D eigenvalue weighted by molar-refractivity contribution is 0.931. The molecule has 0 aliphatic heterocycles. The summed E-state index contributed by atoms with van der Waals surface area (Å²) in [5, 5.41) is 3.99. The summed E-state index contributed by atoms with van der Waals surface area (Å²) >= 11 is 0. The second-order valence-electron chi connectivity index (χ2n) is 2.68. The van der Waals surface area contributed by atoms with Crippen LogP contribution in [0.5, 0.6) is 0 Å². The van der Waals surface area contributed by atoms with Crippen molar-refractivity contribution in [1.82, 2.24) is 14.6 Å². The Bertz CT molecular complexity index is 431. The number of fused-ring (bicyclic) bond motifs is 1. The molecular formula is C7H9N5. The van der Waals surface area contributed by atoms with Gasteiger partial charge in [0.2, 0.25) is 0 Å². The number of aromatic nitrogens is 3. The first-order valence-electron chi connectivity index (χ1n) is 3.54. The summed E-state index contributed by atoms with van der Waals surface area (Å²) in [6.45, 7) is 1.87. The molecule has 0 unspecified atom stereocenters. The van der Waals surface area contributed by atoms with E-state index in [2.05, 4.69) is 10.1 Å². The molecule has 0 spiro atoms. The fraction of sp³-hybridized carbons (Fsp3) is 0.143. The molecular weight excluding hydrogens is 154 g/mol. The lowest BCUT2D eigenvalue weighted by Gasteiger charge is -1.99. The van der Waals surface area contributed by atoms with Gasteiger partial charge in [-0.05, 0) is 6.92 Å². The van der Waals surface area contributed by atoms with Gasteiger partial charge in [0.05, 0.1) is 11.9 Å². The van der Waals surface area contributed by atoms with Gasteiger partial charge in [0.25, 0.3) is 0 Å². The van der Waals surface area contributed by atoms with E-state index in [1.165, 1.54) is 0 Å². The Morgan fingerprint density at radius 1 is 1.42 bits per heavy atom. The third-order valence-corrected chi connectivity index (χ3v) is 1.74. The van der Waals surface area contributed by atoms with E-state index in [-0.39, 0.29) is 0 Å². The minimum atomic E-state index is 0.495. The molecule has 2 aromatic rings. The molecule has 0 bridgehead atoms. The minimum absolute atomic E-state index is 0.495. The predicted octanol–water partition coefficient (Wildman–Crippen LogP) is 0.202. The molecule has 0 aromatic carbocycles. The number of anilines is 2. The zero-order valence-corrected chi connectivity index (χ0v) is 6.65. The van der Waals surface area contributed by atoms with Gasteiger partial charge in [0, 0.05) is 11.8 Å². The van der Waals surface area contributed by atoms with Crippen LogP contribution in [0.2, 0.25) is 0 Å². The summed E-state index contributed by atoms with van der Waals surface area (Å²) in [7, 11) is 0. The third kappa shape index (κ3) is 0.795. The average molecular weight is 163 g/mol. The van der Waals surface area contributed by atoms with Gasteiger partial charge in [-0.2, -0.15) is 5.10 Å². The molecule has 0 fully saturated rings. The summed E-state index contributed by atoms with van der Waals surface area (Å²) in [6.07, 6.45) is 3.36. The highest BCUT2D eigenvalue weighted by Gasteiger charge is 2.03. The first kappa shape index (κ1) is 6.90. The fourth-order valence-electron chi connectivity index (χ4n) is 1.03. The Morgan fingerprint density at radius 2 is 2.17 bits per heavy atom. The van der Waals surface area contributed by atoms with Crippen LogP contribution in [-0.2, 0) is 0 Å². The third-order valence-electron chi connectivity index (χ3n) is 1.74. The van der Waals surface area contributed by atoms with Crippen molar-refractivity contribution in [2.75, 3.05) is 11.5 Å². The molecule has 5 nitrogen and oxygen atoms in total. The molecule has 5 heteroatoms. The summed E-state index contributed by atoms with van der Waals surface area (Å²) in [5.74, 6) is 0.495. The van der Waals surface area contributed by atoms with Gasteiger partial charge in [0.1, 0.15) is 5.82 Å². The highest BCUT2D eigenvalue weighted by molar-refractivity contribution is 5.65. The molecule has 2 heterocycles. The zero-order valence-electron chi connectivity index (χ0n) is 6.65. The van der Waals surface area contributed by atoms with E-state index in [1.54, 1.807) is 16.9 Å². The van der Waals surface area contributed by atoms with Crippen molar-refractivity contribution in [3.05, 3.63) is 18.0 Å². The molecule has 0 aliphatic carbocycles. The summed E-state index contributed by atoms with van der Waals surface area (Å²) in [6, 6.07) is 0.